The number of nitrogens with two attached hydrogens (primary N) is 1. The molecule has 1 aliphatic rings. The van der Waals surface area contributed by atoms with E-state index in [1.165, 1.54) is 0 Å². The predicted molar refractivity (Wildman–Crippen MR) is 49.3 cm³/mol. The van der Waals surface area contributed by atoms with E-state index in [9.17, 15) is 5.11 Å². The SMILES string of the molecule is N[C@H]1CCc2cc(O)c(CO)cc21. The lowest BCUT2D eigenvalue weighted by atomic mass is 10.0. The van der Waals surface area contributed by atoms with Crippen LogP contribution >= 0.6 is 0 Å². The monoisotopic (exact) mass is 179 g/mol. The van der Waals surface area contributed by atoms with Gasteiger partial charge in [0.1, 0.15) is 5.75 Å². The van der Waals surface area contributed by atoms with Gasteiger partial charge < -0.3 is 15.9 Å². The molecule has 3 nitrogen and oxygen atoms in total. The van der Waals surface area contributed by atoms with E-state index < -0.39 is 0 Å². The lowest BCUT2D eigenvalue weighted by Gasteiger charge is -2.08. The molecule has 4 N–H and O–H groups in total. The van der Waals surface area contributed by atoms with Crippen LogP contribution in [-0.4, -0.2) is 10.2 Å². The van der Waals surface area contributed by atoms with Crippen molar-refractivity contribution in [2.24, 2.45) is 5.73 Å². The van der Waals surface area contributed by atoms with Crippen LogP contribution in [0.5, 0.6) is 5.75 Å². The van der Waals surface area contributed by atoms with Crippen molar-refractivity contribution in [1.82, 2.24) is 0 Å². The van der Waals surface area contributed by atoms with E-state index in [-0.39, 0.29) is 18.4 Å². The van der Waals surface area contributed by atoms with Crippen molar-refractivity contribution in [2.75, 3.05) is 0 Å². The summed E-state index contributed by atoms with van der Waals surface area (Å²) in [4.78, 5) is 0. The Balaban J connectivity index is 2.51. The zero-order valence-electron chi connectivity index (χ0n) is 7.33. The van der Waals surface area contributed by atoms with Gasteiger partial charge in [0.05, 0.1) is 6.61 Å². The van der Waals surface area contributed by atoms with E-state index in [2.05, 4.69) is 0 Å². The summed E-state index contributed by atoms with van der Waals surface area (Å²) >= 11 is 0. The highest BCUT2D eigenvalue weighted by Gasteiger charge is 2.20. The highest BCUT2D eigenvalue weighted by Crippen LogP contribution is 2.33. The first kappa shape index (κ1) is 8.53. The van der Waals surface area contributed by atoms with Gasteiger partial charge in [-0.1, -0.05) is 0 Å². The van der Waals surface area contributed by atoms with Crippen LogP contribution in [0.3, 0.4) is 0 Å². The molecule has 0 saturated heterocycles. The molecular formula is C10H13NO2. The van der Waals surface area contributed by atoms with Crippen LogP contribution in [0, 0.1) is 0 Å². The molecule has 1 aromatic carbocycles. The molecule has 0 saturated carbocycles. The van der Waals surface area contributed by atoms with Gasteiger partial charge in [0.25, 0.3) is 0 Å². The third-order valence-electron chi connectivity index (χ3n) is 2.63. The first-order chi connectivity index (χ1) is 6.22. The lowest BCUT2D eigenvalue weighted by molar-refractivity contribution is 0.275. The van der Waals surface area contributed by atoms with E-state index in [4.69, 9.17) is 10.8 Å². The number of aliphatic hydroxyl groups is 1. The fourth-order valence-electron chi connectivity index (χ4n) is 1.85. The van der Waals surface area contributed by atoms with Crippen LogP contribution in [0.4, 0.5) is 0 Å². The molecule has 0 amide bonds. The van der Waals surface area contributed by atoms with Crippen LogP contribution < -0.4 is 5.73 Å². The molecule has 13 heavy (non-hydrogen) atoms. The van der Waals surface area contributed by atoms with Crippen molar-refractivity contribution < 1.29 is 10.2 Å². The van der Waals surface area contributed by atoms with Crippen molar-refractivity contribution in [1.29, 1.82) is 0 Å². The molecule has 3 heteroatoms. The molecule has 0 fully saturated rings. The normalized spacial score (nSPS) is 20.3. The molecule has 0 spiro atoms. The van der Waals surface area contributed by atoms with Gasteiger partial charge >= 0.3 is 0 Å². The maximum atomic E-state index is 9.46. The van der Waals surface area contributed by atoms with Gasteiger partial charge in [-0.3, -0.25) is 0 Å². The maximum Gasteiger partial charge on any atom is 0.121 e. The summed E-state index contributed by atoms with van der Waals surface area (Å²) in [7, 11) is 0. The summed E-state index contributed by atoms with van der Waals surface area (Å²) in [5.74, 6) is 0.176. The zero-order valence-corrected chi connectivity index (χ0v) is 7.33. The Morgan fingerprint density at radius 2 is 2.23 bits per heavy atom. The summed E-state index contributed by atoms with van der Waals surface area (Å²) in [5, 5.41) is 18.4. The predicted octanol–water partition coefficient (Wildman–Crippen LogP) is 0.831. The summed E-state index contributed by atoms with van der Waals surface area (Å²) in [6, 6.07) is 3.59. The molecule has 0 aliphatic heterocycles. The van der Waals surface area contributed by atoms with E-state index in [0.29, 0.717) is 5.56 Å². The van der Waals surface area contributed by atoms with Gasteiger partial charge in [-0.2, -0.15) is 0 Å². The lowest BCUT2D eigenvalue weighted by Crippen LogP contribution is -2.05. The number of hydrogen-bond acceptors (Lipinski definition) is 3. The highest BCUT2D eigenvalue weighted by molar-refractivity contribution is 5.45. The van der Waals surface area contributed by atoms with Crippen LogP contribution in [0.1, 0.15) is 29.2 Å². The zero-order chi connectivity index (χ0) is 9.42. The highest BCUT2D eigenvalue weighted by atomic mass is 16.3. The van der Waals surface area contributed by atoms with Crippen molar-refractivity contribution in [3.05, 3.63) is 28.8 Å². The summed E-state index contributed by atoms with van der Waals surface area (Å²) in [6.07, 6.45) is 1.86. The Labute approximate surface area is 76.8 Å². The number of rotatable bonds is 1. The quantitative estimate of drug-likeness (QED) is 0.598. The van der Waals surface area contributed by atoms with Crippen molar-refractivity contribution in [2.45, 2.75) is 25.5 Å². The van der Waals surface area contributed by atoms with Crippen LogP contribution in [-0.2, 0) is 13.0 Å². The average Bonchev–Trinajstić information content (AvgIpc) is 2.46. The summed E-state index contributed by atoms with van der Waals surface area (Å²) in [6.45, 7) is -0.133. The third-order valence-corrected chi connectivity index (χ3v) is 2.63. The molecule has 0 aromatic heterocycles. The Kier molecular flexibility index (Phi) is 1.98. The second-order valence-corrected chi connectivity index (χ2v) is 3.48. The minimum Gasteiger partial charge on any atom is -0.508 e. The number of benzene rings is 1. The second kappa shape index (κ2) is 3.01. The molecule has 70 valence electrons. The molecular weight excluding hydrogens is 166 g/mol. The van der Waals surface area contributed by atoms with Gasteiger partial charge in [-0.05, 0) is 36.1 Å². The number of aromatic hydroxyl groups is 1. The molecule has 0 heterocycles. The van der Waals surface area contributed by atoms with Gasteiger partial charge in [0.15, 0.2) is 0 Å². The average molecular weight is 179 g/mol. The fourth-order valence-corrected chi connectivity index (χ4v) is 1.85. The summed E-state index contributed by atoms with van der Waals surface area (Å²) in [5.41, 5.74) is 8.61. The first-order valence-corrected chi connectivity index (χ1v) is 4.43. The molecule has 1 aliphatic carbocycles. The number of aryl methyl sites for hydroxylation is 1. The van der Waals surface area contributed by atoms with Crippen LogP contribution in [0.2, 0.25) is 0 Å². The largest absolute Gasteiger partial charge is 0.508 e. The molecule has 0 radical (unpaired) electrons. The third kappa shape index (κ3) is 1.30. The van der Waals surface area contributed by atoms with E-state index in [1.807, 2.05) is 6.07 Å². The van der Waals surface area contributed by atoms with Gasteiger partial charge in [0.2, 0.25) is 0 Å². The second-order valence-electron chi connectivity index (χ2n) is 3.48. The van der Waals surface area contributed by atoms with Crippen molar-refractivity contribution >= 4 is 0 Å². The number of hydrogen-bond donors (Lipinski definition) is 3. The molecule has 0 unspecified atom stereocenters. The Bertz CT molecular complexity index is 336. The fraction of sp³-hybridized carbons (Fsp3) is 0.400. The standard InChI is InChI=1S/C10H13NO2/c11-9-2-1-6-4-10(13)7(5-12)3-8(6)9/h3-4,9,12-13H,1-2,5,11H2/t9-/m0/s1. The van der Waals surface area contributed by atoms with Crippen molar-refractivity contribution in [3.63, 3.8) is 0 Å². The van der Waals surface area contributed by atoms with E-state index >= 15 is 0 Å². The molecule has 2 rings (SSSR count). The number of aliphatic hydroxyl groups excluding tert-OH is 1. The minimum absolute atomic E-state index is 0.0703. The topological polar surface area (TPSA) is 66.5 Å². The maximum absolute atomic E-state index is 9.46. The Hall–Kier alpha value is -1.06. The molecule has 1 aromatic rings. The van der Waals surface area contributed by atoms with Gasteiger partial charge in [-0.25, -0.2) is 0 Å². The van der Waals surface area contributed by atoms with Gasteiger partial charge in [-0.15, -0.1) is 0 Å². The van der Waals surface area contributed by atoms with E-state index in [0.717, 1.165) is 24.0 Å². The molecule has 0 bridgehead atoms. The Morgan fingerprint density at radius 1 is 1.46 bits per heavy atom. The van der Waals surface area contributed by atoms with Crippen LogP contribution in [0.15, 0.2) is 12.1 Å². The van der Waals surface area contributed by atoms with Crippen LogP contribution in [0.25, 0.3) is 0 Å². The minimum atomic E-state index is -0.133. The molecule has 1 atom stereocenters. The van der Waals surface area contributed by atoms with Gasteiger partial charge in [0, 0.05) is 11.6 Å². The number of fused-ring (bicyclic) bond motifs is 1. The first-order valence-electron chi connectivity index (χ1n) is 4.43. The number of phenols is 1. The smallest absolute Gasteiger partial charge is 0.121 e. The van der Waals surface area contributed by atoms with Crippen molar-refractivity contribution in [3.8, 4) is 5.75 Å². The Morgan fingerprint density at radius 3 is 2.92 bits per heavy atom. The summed E-state index contributed by atoms with van der Waals surface area (Å²) < 4.78 is 0. The van der Waals surface area contributed by atoms with E-state index in [1.54, 1.807) is 6.07 Å².